The third-order valence-electron chi connectivity index (χ3n) is 4.29. The number of rotatable bonds is 5. The van der Waals surface area contributed by atoms with Gasteiger partial charge in [0.1, 0.15) is 10.7 Å². The molecular formula is C19H21FN2O4S. The summed E-state index contributed by atoms with van der Waals surface area (Å²) in [6.45, 7) is 2.85. The number of halogens is 1. The Morgan fingerprint density at radius 2 is 1.81 bits per heavy atom. The van der Waals surface area contributed by atoms with E-state index in [1.807, 2.05) is 31.2 Å². The molecule has 6 nitrogen and oxygen atoms in total. The summed E-state index contributed by atoms with van der Waals surface area (Å²) >= 11 is 0. The third kappa shape index (κ3) is 4.71. The Kier molecular flexibility index (Phi) is 5.88. The largest absolute Gasteiger partial charge is 0.379 e. The summed E-state index contributed by atoms with van der Waals surface area (Å²) in [6, 6.07) is 11.1. The molecule has 0 unspecified atom stereocenters. The SMILES string of the molecule is Cc1ccc(CC(=O)Nc2ccc(F)c(S(=O)(=O)N3CCOCC3)c2)cc1. The number of amides is 1. The second-order valence-corrected chi connectivity index (χ2v) is 8.28. The lowest BCUT2D eigenvalue weighted by Crippen LogP contribution is -2.40. The van der Waals surface area contributed by atoms with E-state index >= 15 is 0 Å². The van der Waals surface area contributed by atoms with Crippen LogP contribution in [0.2, 0.25) is 0 Å². The molecular weight excluding hydrogens is 371 g/mol. The van der Waals surface area contributed by atoms with Crippen LogP contribution in [0.4, 0.5) is 10.1 Å². The fourth-order valence-electron chi connectivity index (χ4n) is 2.80. The number of ether oxygens (including phenoxy) is 1. The van der Waals surface area contributed by atoms with Crippen LogP contribution in [-0.2, 0) is 26.0 Å². The summed E-state index contributed by atoms with van der Waals surface area (Å²) in [5.41, 5.74) is 2.16. The molecule has 1 amide bonds. The Balaban J connectivity index is 1.76. The molecule has 0 atom stereocenters. The third-order valence-corrected chi connectivity index (χ3v) is 6.20. The monoisotopic (exact) mass is 392 g/mol. The van der Waals surface area contributed by atoms with Crippen molar-refractivity contribution >= 4 is 21.6 Å². The Hall–Kier alpha value is -2.29. The van der Waals surface area contributed by atoms with Crippen molar-refractivity contribution in [3.05, 3.63) is 59.4 Å². The van der Waals surface area contributed by atoms with E-state index in [-0.39, 0.29) is 44.3 Å². The minimum absolute atomic E-state index is 0.142. The Labute approximate surface area is 158 Å². The van der Waals surface area contributed by atoms with Crippen LogP contribution in [-0.4, -0.2) is 44.9 Å². The van der Waals surface area contributed by atoms with Gasteiger partial charge in [0.2, 0.25) is 15.9 Å². The molecule has 0 spiro atoms. The molecule has 3 rings (SSSR count). The molecule has 1 heterocycles. The number of sulfonamides is 1. The summed E-state index contributed by atoms with van der Waals surface area (Å²) in [5, 5.41) is 2.63. The van der Waals surface area contributed by atoms with Crippen molar-refractivity contribution in [1.82, 2.24) is 4.31 Å². The van der Waals surface area contributed by atoms with Crippen molar-refractivity contribution in [3.8, 4) is 0 Å². The van der Waals surface area contributed by atoms with E-state index in [0.29, 0.717) is 0 Å². The van der Waals surface area contributed by atoms with E-state index in [4.69, 9.17) is 4.74 Å². The molecule has 2 aromatic rings. The van der Waals surface area contributed by atoms with Crippen molar-refractivity contribution < 1.29 is 22.3 Å². The van der Waals surface area contributed by atoms with Gasteiger partial charge in [0.15, 0.2) is 0 Å². The molecule has 1 fully saturated rings. The van der Waals surface area contributed by atoms with Crippen molar-refractivity contribution in [1.29, 1.82) is 0 Å². The van der Waals surface area contributed by atoms with Crippen molar-refractivity contribution in [2.75, 3.05) is 31.6 Å². The van der Waals surface area contributed by atoms with Crippen molar-refractivity contribution in [3.63, 3.8) is 0 Å². The fraction of sp³-hybridized carbons (Fsp3) is 0.316. The van der Waals surface area contributed by atoms with Crippen LogP contribution in [0.25, 0.3) is 0 Å². The van der Waals surface area contributed by atoms with Gasteiger partial charge in [-0.05, 0) is 30.7 Å². The molecule has 1 saturated heterocycles. The lowest BCUT2D eigenvalue weighted by atomic mass is 10.1. The highest BCUT2D eigenvalue weighted by molar-refractivity contribution is 7.89. The molecule has 0 radical (unpaired) electrons. The van der Waals surface area contributed by atoms with E-state index in [0.717, 1.165) is 23.3 Å². The zero-order chi connectivity index (χ0) is 19.4. The number of carbonyl (C=O) groups is 1. The number of carbonyl (C=O) groups excluding carboxylic acids is 1. The number of morpholine rings is 1. The Morgan fingerprint density at radius 3 is 2.48 bits per heavy atom. The average molecular weight is 392 g/mol. The first-order valence-corrected chi connectivity index (χ1v) is 10.0. The van der Waals surface area contributed by atoms with Gasteiger partial charge in [-0.3, -0.25) is 4.79 Å². The smallest absolute Gasteiger partial charge is 0.246 e. The topological polar surface area (TPSA) is 75.7 Å². The molecule has 144 valence electrons. The summed E-state index contributed by atoms with van der Waals surface area (Å²) < 4.78 is 45.9. The van der Waals surface area contributed by atoms with Crippen molar-refractivity contribution in [2.24, 2.45) is 0 Å². The van der Waals surface area contributed by atoms with E-state index in [2.05, 4.69) is 5.32 Å². The second-order valence-electron chi connectivity index (χ2n) is 6.37. The first-order valence-electron chi connectivity index (χ1n) is 8.59. The standard InChI is InChI=1S/C19H21FN2O4S/c1-14-2-4-15(5-3-14)12-19(23)21-16-6-7-17(20)18(13-16)27(24,25)22-8-10-26-11-9-22/h2-7,13H,8-12H2,1H3,(H,21,23). The van der Waals surface area contributed by atoms with Crippen LogP contribution in [0.1, 0.15) is 11.1 Å². The zero-order valence-corrected chi connectivity index (χ0v) is 15.8. The summed E-state index contributed by atoms with van der Waals surface area (Å²) in [6.07, 6.45) is 0.142. The Morgan fingerprint density at radius 1 is 1.15 bits per heavy atom. The first-order chi connectivity index (χ1) is 12.9. The first kappa shape index (κ1) is 19.5. The number of hydrogen-bond acceptors (Lipinski definition) is 4. The molecule has 0 aromatic heterocycles. The Bertz CT molecular complexity index is 923. The molecule has 27 heavy (non-hydrogen) atoms. The minimum Gasteiger partial charge on any atom is -0.379 e. The quantitative estimate of drug-likeness (QED) is 0.848. The van der Waals surface area contributed by atoms with Crippen LogP contribution in [0.15, 0.2) is 47.4 Å². The van der Waals surface area contributed by atoms with E-state index < -0.39 is 20.7 Å². The lowest BCUT2D eigenvalue weighted by molar-refractivity contribution is -0.115. The number of nitrogens with one attached hydrogen (secondary N) is 1. The van der Waals surface area contributed by atoms with Crippen LogP contribution in [0.3, 0.4) is 0 Å². The van der Waals surface area contributed by atoms with Crippen molar-refractivity contribution in [2.45, 2.75) is 18.2 Å². The average Bonchev–Trinajstić information content (AvgIpc) is 2.66. The normalized spacial score (nSPS) is 15.5. The summed E-state index contributed by atoms with van der Waals surface area (Å²) in [7, 11) is -3.99. The lowest BCUT2D eigenvalue weighted by Gasteiger charge is -2.26. The second kappa shape index (κ2) is 8.16. The van der Waals surface area contributed by atoms with Gasteiger partial charge in [-0.1, -0.05) is 29.8 Å². The number of benzene rings is 2. The molecule has 1 aliphatic rings. The highest BCUT2D eigenvalue weighted by Crippen LogP contribution is 2.24. The van der Waals surface area contributed by atoms with Gasteiger partial charge in [-0.25, -0.2) is 12.8 Å². The highest BCUT2D eigenvalue weighted by atomic mass is 32.2. The number of aryl methyl sites for hydroxylation is 1. The van der Waals surface area contributed by atoms with Crippen LogP contribution in [0, 0.1) is 12.7 Å². The van der Waals surface area contributed by atoms with Gasteiger partial charge >= 0.3 is 0 Å². The molecule has 0 bridgehead atoms. The maximum absolute atomic E-state index is 14.2. The number of hydrogen-bond donors (Lipinski definition) is 1. The molecule has 8 heteroatoms. The van der Waals surface area contributed by atoms with Gasteiger partial charge in [0.25, 0.3) is 0 Å². The fourth-order valence-corrected chi connectivity index (χ4v) is 4.30. The minimum atomic E-state index is -3.99. The summed E-state index contributed by atoms with van der Waals surface area (Å²) in [5.74, 6) is -1.15. The van der Waals surface area contributed by atoms with Gasteiger partial charge in [0, 0.05) is 18.8 Å². The highest BCUT2D eigenvalue weighted by Gasteiger charge is 2.29. The predicted octanol–water partition coefficient (Wildman–Crippen LogP) is 2.34. The van der Waals surface area contributed by atoms with Gasteiger partial charge in [0.05, 0.1) is 19.6 Å². The number of anilines is 1. The molecule has 1 N–H and O–H groups in total. The van der Waals surface area contributed by atoms with Gasteiger partial charge in [-0.15, -0.1) is 0 Å². The molecule has 2 aromatic carbocycles. The van der Waals surface area contributed by atoms with Crippen LogP contribution >= 0.6 is 0 Å². The predicted molar refractivity (Wildman–Crippen MR) is 99.5 cm³/mol. The molecule has 0 saturated carbocycles. The van der Waals surface area contributed by atoms with E-state index in [1.54, 1.807) is 0 Å². The molecule has 1 aliphatic heterocycles. The van der Waals surface area contributed by atoms with E-state index in [1.165, 1.54) is 10.4 Å². The maximum Gasteiger partial charge on any atom is 0.246 e. The molecule has 0 aliphatic carbocycles. The zero-order valence-electron chi connectivity index (χ0n) is 14.9. The summed E-state index contributed by atoms with van der Waals surface area (Å²) in [4.78, 5) is 11.8. The van der Waals surface area contributed by atoms with E-state index in [9.17, 15) is 17.6 Å². The van der Waals surface area contributed by atoms with Crippen LogP contribution in [0.5, 0.6) is 0 Å². The van der Waals surface area contributed by atoms with Gasteiger partial charge < -0.3 is 10.1 Å². The van der Waals surface area contributed by atoms with Gasteiger partial charge in [-0.2, -0.15) is 4.31 Å². The number of nitrogens with zero attached hydrogens (tertiary/aromatic N) is 1. The van der Waals surface area contributed by atoms with Crippen LogP contribution < -0.4 is 5.32 Å². The maximum atomic E-state index is 14.2.